The average molecular weight is 353 g/mol. The first-order valence-electron chi connectivity index (χ1n) is 8.91. The van der Waals surface area contributed by atoms with Crippen molar-refractivity contribution >= 4 is 23.2 Å². The first kappa shape index (κ1) is 17.9. The van der Waals surface area contributed by atoms with Gasteiger partial charge in [0.2, 0.25) is 0 Å². The van der Waals surface area contributed by atoms with Crippen molar-refractivity contribution in [2.45, 2.75) is 0 Å². The van der Waals surface area contributed by atoms with Gasteiger partial charge in [-0.15, -0.1) is 0 Å². The number of rotatable bonds is 5. The number of hydrogen-bond donors (Lipinski definition) is 3. The number of piperazine rings is 1. The van der Waals surface area contributed by atoms with E-state index >= 15 is 0 Å². The lowest BCUT2D eigenvalue weighted by atomic mass is 10.2. The summed E-state index contributed by atoms with van der Waals surface area (Å²) in [5.74, 6) is -0.135. The summed E-state index contributed by atoms with van der Waals surface area (Å²) in [6.07, 6.45) is 0. The molecule has 1 aliphatic rings. The van der Waals surface area contributed by atoms with Crippen LogP contribution in [0.2, 0.25) is 0 Å². The van der Waals surface area contributed by atoms with Crippen molar-refractivity contribution in [1.82, 2.24) is 5.32 Å². The standard InChI is InChI=1S/C20H24N4O2/c1-21-20(26)16-7-9-17(10-8-16)22-19(25)15-23-11-13-24(14-12-23)18-5-3-2-4-6-18/h2-10H,11-15H2,1H3,(H,21,26)(H,22,25)/p+1. The number of benzene rings is 2. The van der Waals surface area contributed by atoms with Crippen molar-refractivity contribution < 1.29 is 14.5 Å². The third kappa shape index (κ3) is 4.61. The molecule has 0 spiro atoms. The monoisotopic (exact) mass is 353 g/mol. The highest BCUT2D eigenvalue weighted by molar-refractivity contribution is 5.95. The molecule has 0 unspecified atom stereocenters. The summed E-state index contributed by atoms with van der Waals surface area (Å²) in [6, 6.07) is 17.3. The van der Waals surface area contributed by atoms with Crippen LogP contribution in [0.25, 0.3) is 0 Å². The van der Waals surface area contributed by atoms with E-state index in [4.69, 9.17) is 0 Å². The Morgan fingerprint density at radius 2 is 1.65 bits per heavy atom. The van der Waals surface area contributed by atoms with Crippen LogP contribution in [-0.4, -0.2) is 51.6 Å². The van der Waals surface area contributed by atoms with Crippen LogP contribution >= 0.6 is 0 Å². The Bertz CT molecular complexity index is 738. The zero-order valence-electron chi connectivity index (χ0n) is 15.0. The molecule has 1 saturated heterocycles. The smallest absolute Gasteiger partial charge is 0.279 e. The maximum Gasteiger partial charge on any atom is 0.279 e. The summed E-state index contributed by atoms with van der Waals surface area (Å²) >= 11 is 0. The SMILES string of the molecule is CNC(=O)c1ccc(NC(=O)C[NH+]2CCN(c3ccccc3)CC2)cc1. The van der Waals surface area contributed by atoms with Crippen molar-refractivity contribution in [2.24, 2.45) is 0 Å². The Morgan fingerprint density at radius 1 is 1.00 bits per heavy atom. The van der Waals surface area contributed by atoms with Crippen LogP contribution in [0, 0.1) is 0 Å². The van der Waals surface area contributed by atoms with Crippen LogP contribution in [0.15, 0.2) is 54.6 Å². The van der Waals surface area contributed by atoms with Gasteiger partial charge in [-0.2, -0.15) is 0 Å². The van der Waals surface area contributed by atoms with Gasteiger partial charge in [0.15, 0.2) is 6.54 Å². The molecule has 26 heavy (non-hydrogen) atoms. The number of nitrogens with zero attached hydrogens (tertiary/aromatic N) is 1. The van der Waals surface area contributed by atoms with Gasteiger partial charge in [0.1, 0.15) is 0 Å². The highest BCUT2D eigenvalue weighted by atomic mass is 16.2. The fourth-order valence-corrected chi connectivity index (χ4v) is 3.18. The molecule has 136 valence electrons. The van der Waals surface area contributed by atoms with E-state index in [9.17, 15) is 9.59 Å². The number of nitrogens with one attached hydrogen (secondary N) is 3. The predicted octanol–water partition coefficient (Wildman–Crippen LogP) is 0.390. The summed E-state index contributed by atoms with van der Waals surface area (Å²) in [6.45, 7) is 4.25. The summed E-state index contributed by atoms with van der Waals surface area (Å²) < 4.78 is 0. The van der Waals surface area contributed by atoms with Gasteiger partial charge in [0.05, 0.1) is 26.2 Å². The van der Waals surface area contributed by atoms with Crippen LogP contribution in [0.3, 0.4) is 0 Å². The summed E-state index contributed by atoms with van der Waals surface area (Å²) in [5, 5.41) is 5.49. The van der Waals surface area contributed by atoms with Crippen LogP contribution < -0.4 is 20.4 Å². The van der Waals surface area contributed by atoms with Gasteiger partial charge in [-0.1, -0.05) is 18.2 Å². The number of amides is 2. The Labute approximate surface area is 153 Å². The van der Waals surface area contributed by atoms with Crippen molar-refractivity contribution in [3.63, 3.8) is 0 Å². The Kier molecular flexibility index (Phi) is 5.86. The van der Waals surface area contributed by atoms with E-state index < -0.39 is 0 Å². The van der Waals surface area contributed by atoms with E-state index in [0.717, 1.165) is 26.2 Å². The van der Waals surface area contributed by atoms with Crippen LogP contribution in [0.4, 0.5) is 11.4 Å². The van der Waals surface area contributed by atoms with E-state index in [1.165, 1.54) is 10.6 Å². The lowest BCUT2D eigenvalue weighted by Crippen LogP contribution is -3.15. The molecule has 3 rings (SSSR count). The molecule has 1 aliphatic heterocycles. The van der Waals surface area contributed by atoms with E-state index in [0.29, 0.717) is 17.8 Å². The quantitative estimate of drug-likeness (QED) is 0.729. The maximum atomic E-state index is 12.3. The number of carbonyl (C=O) groups excluding carboxylic acids is 2. The molecule has 0 radical (unpaired) electrons. The van der Waals surface area contributed by atoms with Gasteiger partial charge in [-0.3, -0.25) is 9.59 Å². The lowest BCUT2D eigenvalue weighted by molar-refractivity contribution is -0.892. The van der Waals surface area contributed by atoms with Gasteiger partial charge in [-0.05, 0) is 36.4 Å². The molecule has 0 aromatic heterocycles. The largest absolute Gasteiger partial charge is 0.360 e. The highest BCUT2D eigenvalue weighted by Gasteiger charge is 2.22. The van der Waals surface area contributed by atoms with E-state index in [1.807, 2.05) is 6.07 Å². The predicted molar refractivity (Wildman–Crippen MR) is 103 cm³/mol. The zero-order chi connectivity index (χ0) is 18.4. The molecule has 1 heterocycles. The molecule has 3 N–H and O–H groups in total. The Morgan fingerprint density at radius 3 is 2.27 bits per heavy atom. The van der Waals surface area contributed by atoms with Gasteiger partial charge in [0.25, 0.3) is 11.8 Å². The van der Waals surface area contributed by atoms with Crippen molar-refractivity contribution in [1.29, 1.82) is 0 Å². The zero-order valence-corrected chi connectivity index (χ0v) is 15.0. The first-order valence-corrected chi connectivity index (χ1v) is 8.91. The molecular formula is C20H25N4O2+. The highest BCUT2D eigenvalue weighted by Crippen LogP contribution is 2.12. The van der Waals surface area contributed by atoms with Crippen LogP contribution in [0.1, 0.15) is 10.4 Å². The molecule has 6 nitrogen and oxygen atoms in total. The molecule has 0 bridgehead atoms. The van der Waals surface area contributed by atoms with Gasteiger partial charge < -0.3 is 20.4 Å². The molecule has 2 amide bonds. The fourth-order valence-electron chi connectivity index (χ4n) is 3.18. The van der Waals surface area contributed by atoms with Crippen molar-refractivity contribution in [3.8, 4) is 0 Å². The molecular weight excluding hydrogens is 328 g/mol. The minimum atomic E-state index is -0.136. The topological polar surface area (TPSA) is 65.9 Å². The molecule has 2 aromatic rings. The summed E-state index contributed by atoms with van der Waals surface area (Å²) in [7, 11) is 1.60. The number of carbonyl (C=O) groups is 2. The summed E-state index contributed by atoms with van der Waals surface area (Å²) in [4.78, 5) is 27.5. The lowest BCUT2D eigenvalue weighted by Gasteiger charge is -2.33. The minimum absolute atomic E-state index is 0.000791. The number of quaternary nitrogens is 1. The molecule has 0 aliphatic carbocycles. The third-order valence-electron chi connectivity index (χ3n) is 4.66. The van der Waals surface area contributed by atoms with Crippen molar-refractivity contribution in [2.75, 3.05) is 50.0 Å². The van der Waals surface area contributed by atoms with E-state index in [2.05, 4.69) is 39.8 Å². The molecule has 2 aromatic carbocycles. The third-order valence-corrected chi connectivity index (χ3v) is 4.66. The second-order valence-electron chi connectivity index (χ2n) is 6.45. The van der Waals surface area contributed by atoms with Crippen LogP contribution in [0.5, 0.6) is 0 Å². The second-order valence-corrected chi connectivity index (χ2v) is 6.45. The van der Waals surface area contributed by atoms with Crippen molar-refractivity contribution in [3.05, 3.63) is 60.2 Å². The minimum Gasteiger partial charge on any atom is -0.360 e. The molecule has 0 saturated carbocycles. The van der Waals surface area contributed by atoms with Gasteiger partial charge in [0, 0.05) is 24.0 Å². The Hall–Kier alpha value is -2.86. The molecule has 0 atom stereocenters. The maximum absolute atomic E-state index is 12.3. The van der Waals surface area contributed by atoms with E-state index in [1.54, 1.807) is 31.3 Å². The molecule has 6 heteroatoms. The number of para-hydroxylation sites is 1. The van der Waals surface area contributed by atoms with Crippen LogP contribution in [-0.2, 0) is 4.79 Å². The van der Waals surface area contributed by atoms with Gasteiger partial charge in [-0.25, -0.2) is 0 Å². The molecule has 1 fully saturated rings. The second kappa shape index (κ2) is 8.49. The first-order chi connectivity index (χ1) is 12.7. The summed E-state index contributed by atoms with van der Waals surface area (Å²) in [5.41, 5.74) is 2.53. The number of hydrogen-bond acceptors (Lipinski definition) is 3. The van der Waals surface area contributed by atoms with Gasteiger partial charge >= 0.3 is 0 Å². The van der Waals surface area contributed by atoms with E-state index in [-0.39, 0.29) is 11.8 Å². The Balaban J connectivity index is 1.46. The average Bonchev–Trinajstić information content (AvgIpc) is 2.69. The fraction of sp³-hybridized carbons (Fsp3) is 0.300. The number of anilines is 2. The normalized spacial score (nSPS) is 14.7.